The maximum Gasteiger partial charge on any atom is 0.0991 e. The maximum atomic E-state index is 9.26. The molecule has 1 aromatic carbocycles. The third-order valence-corrected chi connectivity index (χ3v) is 4.23. The molecule has 0 aromatic heterocycles. The average Bonchev–Trinajstić information content (AvgIpc) is 2.40. The van der Waals surface area contributed by atoms with Crippen LogP contribution in [0.4, 0.5) is 0 Å². The second kappa shape index (κ2) is 7.42. The van der Waals surface area contributed by atoms with Crippen molar-refractivity contribution < 1.29 is 5.11 Å². The lowest BCUT2D eigenvalue weighted by Gasteiger charge is -2.25. The van der Waals surface area contributed by atoms with Crippen molar-refractivity contribution in [2.45, 2.75) is 31.2 Å². The van der Waals surface area contributed by atoms with Gasteiger partial charge in [0.05, 0.1) is 18.2 Å². The average molecular weight is 264 g/mol. The molecule has 4 heteroatoms. The Labute approximate surface area is 113 Å². The van der Waals surface area contributed by atoms with E-state index in [1.54, 1.807) is 17.8 Å². The van der Waals surface area contributed by atoms with E-state index in [9.17, 15) is 5.11 Å². The monoisotopic (exact) mass is 264 g/mol. The Balaban J connectivity index is 2.70. The van der Waals surface area contributed by atoms with Gasteiger partial charge >= 0.3 is 0 Å². The fourth-order valence-corrected chi connectivity index (χ4v) is 2.55. The minimum atomic E-state index is 0.162. The van der Waals surface area contributed by atoms with Gasteiger partial charge in [-0.25, -0.2) is 0 Å². The van der Waals surface area contributed by atoms with Crippen molar-refractivity contribution >= 4 is 11.8 Å². The molecule has 1 rings (SSSR count). The molecule has 3 unspecified atom stereocenters. The molecule has 0 radical (unpaired) electrons. The lowest BCUT2D eigenvalue weighted by atomic mass is 10.0. The van der Waals surface area contributed by atoms with Gasteiger partial charge in [-0.1, -0.05) is 12.1 Å². The summed E-state index contributed by atoms with van der Waals surface area (Å²) < 4.78 is 0. The minimum absolute atomic E-state index is 0.162. The second-order valence-electron chi connectivity index (χ2n) is 4.37. The van der Waals surface area contributed by atoms with Crippen LogP contribution in [0.15, 0.2) is 24.3 Å². The van der Waals surface area contributed by atoms with Gasteiger partial charge in [0.25, 0.3) is 0 Å². The Morgan fingerprint density at radius 2 is 2.17 bits per heavy atom. The van der Waals surface area contributed by atoms with Gasteiger partial charge in [-0.15, -0.1) is 0 Å². The van der Waals surface area contributed by atoms with E-state index in [0.717, 1.165) is 5.56 Å². The van der Waals surface area contributed by atoms with Crippen LogP contribution in [-0.2, 0) is 0 Å². The van der Waals surface area contributed by atoms with E-state index >= 15 is 0 Å². The summed E-state index contributed by atoms with van der Waals surface area (Å²) in [6.45, 7) is 4.31. The predicted molar refractivity (Wildman–Crippen MR) is 76.6 cm³/mol. The predicted octanol–water partition coefficient (Wildman–Crippen LogP) is 2.32. The molecule has 0 saturated carbocycles. The molecular weight excluding hydrogens is 244 g/mol. The summed E-state index contributed by atoms with van der Waals surface area (Å²) in [6, 6.07) is 10.1. The van der Waals surface area contributed by atoms with Gasteiger partial charge in [0.15, 0.2) is 0 Å². The van der Waals surface area contributed by atoms with E-state index < -0.39 is 0 Å². The van der Waals surface area contributed by atoms with Crippen molar-refractivity contribution in [3.05, 3.63) is 35.4 Å². The Kier molecular flexibility index (Phi) is 6.20. The molecule has 0 amide bonds. The summed E-state index contributed by atoms with van der Waals surface area (Å²) in [5, 5.41) is 21.8. The SMILES string of the molecule is CSC(CO)C(C)NC(C)c1cccc(C#N)c1. The Hall–Kier alpha value is -1.02. The highest BCUT2D eigenvalue weighted by molar-refractivity contribution is 7.99. The Bertz CT molecular complexity index is 413. The van der Waals surface area contributed by atoms with Crippen molar-refractivity contribution in [1.82, 2.24) is 5.32 Å². The van der Waals surface area contributed by atoms with Gasteiger partial charge in [-0.3, -0.25) is 0 Å². The van der Waals surface area contributed by atoms with Crippen molar-refractivity contribution in [2.24, 2.45) is 0 Å². The third kappa shape index (κ3) is 4.02. The molecule has 2 N–H and O–H groups in total. The molecule has 0 fully saturated rings. The topological polar surface area (TPSA) is 56.0 Å². The summed E-state index contributed by atoms with van der Waals surface area (Å²) in [4.78, 5) is 0. The summed E-state index contributed by atoms with van der Waals surface area (Å²) in [6.07, 6.45) is 2.00. The summed E-state index contributed by atoms with van der Waals surface area (Å²) in [7, 11) is 0. The summed E-state index contributed by atoms with van der Waals surface area (Å²) in [5.41, 5.74) is 1.77. The Morgan fingerprint density at radius 1 is 1.44 bits per heavy atom. The highest BCUT2D eigenvalue weighted by Crippen LogP contribution is 2.18. The van der Waals surface area contributed by atoms with Crippen molar-refractivity contribution in [3.63, 3.8) is 0 Å². The van der Waals surface area contributed by atoms with Gasteiger partial charge in [0, 0.05) is 17.3 Å². The van der Waals surface area contributed by atoms with E-state index in [1.165, 1.54) is 0 Å². The van der Waals surface area contributed by atoms with Gasteiger partial charge < -0.3 is 10.4 Å². The van der Waals surface area contributed by atoms with Crippen LogP contribution in [-0.4, -0.2) is 29.3 Å². The zero-order valence-electron chi connectivity index (χ0n) is 11.1. The largest absolute Gasteiger partial charge is 0.395 e. The molecule has 0 aliphatic carbocycles. The molecule has 0 saturated heterocycles. The molecule has 0 aliphatic heterocycles. The first kappa shape index (κ1) is 15.0. The van der Waals surface area contributed by atoms with E-state index in [4.69, 9.17) is 5.26 Å². The van der Waals surface area contributed by atoms with Crippen LogP contribution in [0, 0.1) is 11.3 Å². The van der Waals surface area contributed by atoms with E-state index in [0.29, 0.717) is 5.56 Å². The van der Waals surface area contributed by atoms with Crippen LogP contribution in [0.1, 0.15) is 31.0 Å². The lowest BCUT2D eigenvalue weighted by molar-refractivity contribution is 0.272. The molecule has 0 aliphatic rings. The fourth-order valence-electron chi connectivity index (χ4n) is 1.91. The van der Waals surface area contributed by atoms with Crippen molar-refractivity contribution in [2.75, 3.05) is 12.9 Å². The van der Waals surface area contributed by atoms with Crippen LogP contribution < -0.4 is 5.32 Å². The molecule has 98 valence electrons. The molecule has 1 aromatic rings. The van der Waals surface area contributed by atoms with Gasteiger partial charge in [-0.2, -0.15) is 17.0 Å². The van der Waals surface area contributed by atoms with Gasteiger partial charge in [-0.05, 0) is 37.8 Å². The number of aliphatic hydroxyl groups excluding tert-OH is 1. The number of hydrogen-bond acceptors (Lipinski definition) is 4. The quantitative estimate of drug-likeness (QED) is 0.828. The number of nitrogens with zero attached hydrogens (tertiary/aromatic N) is 1. The number of thioether (sulfide) groups is 1. The second-order valence-corrected chi connectivity index (χ2v) is 5.45. The number of nitriles is 1. The zero-order valence-corrected chi connectivity index (χ0v) is 11.9. The molecule has 0 heterocycles. The van der Waals surface area contributed by atoms with E-state index in [1.807, 2.05) is 24.5 Å². The number of hydrogen-bond donors (Lipinski definition) is 2. The van der Waals surface area contributed by atoms with Crippen molar-refractivity contribution in [3.8, 4) is 6.07 Å². The minimum Gasteiger partial charge on any atom is -0.395 e. The van der Waals surface area contributed by atoms with Crippen LogP contribution in [0.3, 0.4) is 0 Å². The third-order valence-electron chi connectivity index (χ3n) is 3.07. The first-order valence-electron chi connectivity index (χ1n) is 6.02. The molecule has 0 spiro atoms. The smallest absolute Gasteiger partial charge is 0.0991 e. The van der Waals surface area contributed by atoms with E-state index in [2.05, 4.69) is 25.2 Å². The summed E-state index contributed by atoms with van der Waals surface area (Å²) >= 11 is 1.66. The van der Waals surface area contributed by atoms with E-state index in [-0.39, 0.29) is 23.9 Å². The fraction of sp³-hybridized carbons (Fsp3) is 0.500. The lowest BCUT2D eigenvalue weighted by Crippen LogP contribution is -2.38. The van der Waals surface area contributed by atoms with Crippen molar-refractivity contribution in [1.29, 1.82) is 5.26 Å². The normalized spacial score (nSPS) is 15.7. The summed E-state index contributed by atoms with van der Waals surface area (Å²) in [5.74, 6) is 0. The molecule has 3 atom stereocenters. The number of aliphatic hydroxyl groups is 1. The Morgan fingerprint density at radius 3 is 2.72 bits per heavy atom. The van der Waals surface area contributed by atoms with Crippen LogP contribution >= 0.6 is 11.8 Å². The molecule has 18 heavy (non-hydrogen) atoms. The number of benzene rings is 1. The van der Waals surface area contributed by atoms with Crippen LogP contribution in [0.2, 0.25) is 0 Å². The maximum absolute atomic E-state index is 9.26. The first-order chi connectivity index (χ1) is 8.62. The molecular formula is C14H20N2OS. The zero-order chi connectivity index (χ0) is 13.5. The van der Waals surface area contributed by atoms with Gasteiger partial charge in [0.2, 0.25) is 0 Å². The first-order valence-corrected chi connectivity index (χ1v) is 7.31. The molecule has 3 nitrogen and oxygen atoms in total. The van der Waals surface area contributed by atoms with Crippen LogP contribution in [0.5, 0.6) is 0 Å². The number of nitrogens with one attached hydrogen (secondary N) is 1. The number of rotatable bonds is 6. The van der Waals surface area contributed by atoms with Gasteiger partial charge in [0.1, 0.15) is 0 Å². The highest BCUT2D eigenvalue weighted by atomic mass is 32.2. The standard InChI is InChI=1S/C14H20N2OS/c1-10(16-11(2)14(9-17)18-3)13-6-4-5-12(7-13)8-15/h4-7,10-11,14,16-17H,9H2,1-3H3. The van der Waals surface area contributed by atoms with Crippen LogP contribution in [0.25, 0.3) is 0 Å². The molecule has 0 bridgehead atoms. The highest BCUT2D eigenvalue weighted by Gasteiger charge is 2.17.